The van der Waals surface area contributed by atoms with E-state index >= 15 is 0 Å². The maximum atomic E-state index is 8.89. The molecule has 0 bridgehead atoms. The third-order valence-electron chi connectivity index (χ3n) is 1.09. The number of aliphatic hydroxyl groups excluding tert-OH is 1. The molecular weight excluding hydrogens is 148 g/mol. The zero-order chi connectivity index (χ0) is 7.56. The lowest BCUT2D eigenvalue weighted by Gasteiger charge is -1.95. The number of phenolic OH excluding ortho intramolecular Hbond substituents is 1. The van der Waals surface area contributed by atoms with E-state index in [0.717, 1.165) is 0 Å². The van der Waals surface area contributed by atoms with Crippen molar-refractivity contribution in [2.45, 2.75) is 0 Å². The third kappa shape index (κ3) is 1.45. The highest BCUT2D eigenvalue weighted by molar-refractivity contribution is 7.80. The van der Waals surface area contributed by atoms with Crippen LogP contribution >= 0.6 is 12.2 Å². The minimum Gasteiger partial charge on any atom is -0.508 e. The molecule has 0 aliphatic carbocycles. The predicted octanol–water partition coefficient (Wildman–Crippen LogP) is 1.63. The molecule has 10 heavy (non-hydrogen) atoms. The van der Waals surface area contributed by atoms with Crippen LogP contribution in [0.1, 0.15) is 5.56 Å². The SMILES string of the molecule is OC(=S)c1cccc(O)c1. The van der Waals surface area contributed by atoms with Crippen molar-refractivity contribution >= 4 is 17.3 Å². The van der Waals surface area contributed by atoms with Gasteiger partial charge in [0.25, 0.3) is 0 Å². The van der Waals surface area contributed by atoms with Crippen LogP contribution in [0.2, 0.25) is 0 Å². The molecule has 1 aromatic rings. The molecule has 0 fully saturated rings. The van der Waals surface area contributed by atoms with Gasteiger partial charge in [0.1, 0.15) is 5.75 Å². The van der Waals surface area contributed by atoms with Gasteiger partial charge in [0.15, 0.2) is 5.05 Å². The first-order valence-electron chi connectivity index (χ1n) is 2.72. The second kappa shape index (κ2) is 2.66. The fourth-order valence-corrected chi connectivity index (χ4v) is 0.766. The van der Waals surface area contributed by atoms with E-state index in [2.05, 4.69) is 12.2 Å². The third-order valence-corrected chi connectivity index (χ3v) is 1.33. The Morgan fingerprint density at radius 3 is 2.50 bits per heavy atom. The van der Waals surface area contributed by atoms with Crippen LogP contribution in [0, 0.1) is 0 Å². The van der Waals surface area contributed by atoms with Crippen molar-refractivity contribution in [3.8, 4) is 5.75 Å². The lowest BCUT2D eigenvalue weighted by Crippen LogP contribution is -1.92. The van der Waals surface area contributed by atoms with Crippen LogP contribution in [0.3, 0.4) is 0 Å². The average Bonchev–Trinajstić information content (AvgIpc) is 1.88. The first kappa shape index (κ1) is 7.02. The van der Waals surface area contributed by atoms with E-state index < -0.39 is 0 Å². The smallest absolute Gasteiger partial charge is 0.188 e. The highest BCUT2D eigenvalue weighted by Gasteiger charge is 1.96. The summed E-state index contributed by atoms with van der Waals surface area (Å²) in [5, 5.41) is 17.5. The number of hydrogen-bond acceptors (Lipinski definition) is 2. The van der Waals surface area contributed by atoms with Crippen molar-refractivity contribution in [2.24, 2.45) is 0 Å². The minimum absolute atomic E-state index is 0.105. The number of phenols is 1. The van der Waals surface area contributed by atoms with Crippen LogP contribution in [0.15, 0.2) is 24.3 Å². The van der Waals surface area contributed by atoms with Crippen LogP contribution < -0.4 is 0 Å². The molecule has 0 unspecified atom stereocenters. The van der Waals surface area contributed by atoms with Gasteiger partial charge < -0.3 is 10.2 Å². The fourth-order valence-electron chi connectivity index (χ4n) is 0.639. The fraction of sp³-hybridized carbons (Fsp3) is 0. The van der Waals surface area contributed by atoms with Crippen molar-refractivity contribution < 1.29 is 10.2 Å². The minimum atomic E-state index is -0.198. The van der Waals surface area contributed by atoms with Gasteiger partial charge in [-0.2, -0.15) is 0 Å². The molecule has 0 saturated carbocycles. The van der Waals surface area contributed by atoms with E-state index in [0.29, 0.717) is 5.56 Å². The molecule has 2 nitrogen and oxygen atoms in total. The summed E-state index contributed by atoms with van der Waals surface area (Å²) in [7, 11) is 0. The first-order chi connectivity index (χ1) is 4.70. The van der Waals surface area contributed by atoms with E-state index in [1.807, 2.05) is 0 Å². The van der Waals surface area contributed by atoms with Crippen molar-refractivity contribution in [1.29, 1.82) is 0 Å². The summed E-state index contributed by atoms with van der Waals surface area (Å²) >= 11 is 4.47. The molecule has 0 aromatic heterocycles. The van der Waals surface area contributed by atoms with Crippen molar-refractivity contribution in [3.63, 3.8) is 0 Å². The summed E-state index contributed by atoms with van der Waals surface area (Å²) in [5.41, 5.74) is 0.468. The second-order valence-electron chi connectivity index (χ2n) is 1.86. The quantitative estimate of drug-likeness (QED) is 0.604. The summed E-state index contributed by atoms with van der Waals surface area (Å²) < 4.78 is 0. The maximum absolute atomic E-state index is 8.89. The highest BCUT2D eigenvalue weighted by Crippen LogP contribution is 2.10. The molecule has 0 aliphatic rings. The molecule has 1 rings (SSSR count). The van der Waals surface area contributed by atoms with Crippen LogP contribution in [0.5, 0.6) is 5.75 Å². The molecule has 0 heterocycles. The molecular formula is C7H6O2S. The molecule has 1 aromatic carbocycles. The highest BCUT2D eigenvalue weighted by atomic mass is 32.1. The van der Waals surface area contributed by atoms with Crippen LogP contribution in [-0.2, 0) is 0 Å². The summed E-state index contributed by atoms with van der Waals surface area (Å²) in [6, 6.07) is 6.17. The zero-order valence-electron chi connectivity index (χ0n) is 5.11. The van der Waals surface area contributed by atoms with E-state index in [1.54, 1.807) is 12.1 Å². The van der Waals surface area contributed by atoms with Crippen molar-refractivity contribution in [2.75, 3.05) is 0 Å². The number of aromatic hydroxyl groups is 1. The standard InChI is InChI=1S/C7H6O2S/c8-6-3-1-2-5(4-6)7(9)10/h1-4,8H,(H,9,10). The van der Waals surface area contributed by atoms with Crippen molar-refractivity contribution in [3.05, 3.63) is 29.8 Å². The lowest BCUT2D eigenvalue weighted by molar-refractivity contribution is 0.474. The number of thiocarbonyl (C=S) groups is 1. The van der Waals surface area contributed by atoms with Gasteiger partial charge in [0.2, 0.25) is 0 Å². The summed E-state index contributed by atoms with van der Waals surface area (Å²) in [5.74, 6) is 0.105. The first-order valence-corrected chi connectivity index (χ1v) is 3.13. The summed E-state index contributed by atoms with van der Waals surface area (Å²) in [6.07, 6.45) is 0. The maximum Gasteiger partial charge on any atom is 0.188 e. The van der Waals surface area contributed by atoms with E-state index in [4.69, 9.17) is 10.2 Å². The Morgan fingerprint density at radius 2 is 2.10 bits per heavy atom. The Bertz CT molecular complexity index is 258. The van der Waals surface area contributed by atoms with Crippen LogP contribution in [0.4, 0.5) is 0 Å². The Balaban J connectivity index is 3.07. The van der Waals surface area contributed by atoms with Crippen molar-refractivity contribution in [1.82, 2.24) is 0 Å². The number of benzene rings is 1. The van der Waals surface area contributed by atoms with Gasteiger partial charge in [-0.05, 0) is 24.4 Å². The molecule has 2 N–H and O–H groups in total. The molecule has 0 radical (unpaired) electrons. The topological polar surface area (TPSA) is 40.5 Å². The van der Waals surface area contributed by atoms with Crippen LogP contribution in [0.25, 0.3) is 0 Å². The molecule has 0 aliphatic heterocycles. The normalized spacial score (nSPS) is 9.20. The molecule has 0 spiro atoms. The van der Waals surface area contributed by atoms with E-state index in [1.165, 1.54) is 12.1 Å². The number of rotatable bonds is 1. The summed E-state index contributed by atoms with van der Waals surface area (Å²) in [4.78, 5) is 0. The lowest BCUT2D eigenvalue weighted by atomic mass is 10.2. The zero-order valence-corrected chi connectivity index (χ0v) is 5.93. The van der Waals surface area contributed by atoms with Gasteiger partial charge in [0, 0.05) is 5.56 Å². The largest absolute Gasteiger partial charge is 0.508 e. The molecule has 0 atom stereocenters. The second-order valence-corrected chi connectivity index (χ2v) is 2.24. The summed E-state index contributed by atoms with van der Waals surface area (Å²) in [6.45, 7) is 0. The van der Waals surface area contributed by atoms with Gasteiger partial charge >= 0.3 is 0 Å². The average molecular weight is 154 g/mol. The monoisotopic (exact) mass is 154 g/mol. The predicted molar refractivity (Wildman–Crippen MR) is 42.4 cm³/mol. The van der Waals surface area contributed by atoms with Gasteiger partial charge in [-0.1, -0.05) is 12.1 Å². The van der Waals surface area contributed by atoms with Gasteiger partial charge in [-0.3, -0.25) is 0 Å². The van der Waals surface area contributed by atoms with Gasteiger partial charge in [0.05, 0.1) is 0 Å². The molecule has 52 valence electrons. The molecule has 0 amide bonds. The Labute approximate surface area is 63.7 Å². The number of aliphatic hydroxyl groups is 1. The van der Waals surface area contributed by atoms with Crippen LogP contribution in [-0.4, -0.2) is 15.3 Å². The Hall–Kier alpha value is -1.09. The van der Waals surface area contributed by atoms with Gasteiger partial charge in [-0.25, -0.2) is 0 Å². The number of hydrogen-bond donors (Lipinski definition) is 2. The molecule has 3 heteroatoms. The van der Waals surface area contributed by atoms with E-state index in [-0.39, 0.29) is 10.8 Å². The Kier molecular flexibility index (Phi) is 1.87. The Morgan fingerprint density at radius 1 is 1.40 bits per heavy atom. The molecule has 0 saturated heterocycles. The van der Waals surface area contributed by atoms with Gasteiger partial charge in [-0.15, -0.1) is 0 Å². The van der Waals surface area contributed by atoms with E-state index in [9.17, 15) is 0 Å².